The molecule has 146 valence electrons. The van der Waals surface area contributed by atoms with Gasteiger partial charge in [0.25, 0.3) is 0 Å². The molecule has 4 heteroatoms. The van der Waals surface area contributed by atoms with Gasteiger partial charge in [-0.3, -0.25) is 0 Å². The minimum absolute atomic E-state index is 0.0171. The molecule has 0 aromatic heterocycles. The van der Waals surface area contributed by atoms with Crippen molar-refractivity contribution in [3.63, 3.8) is 0 Å². The van der Waals surface area contributed by atoms with Crippen LogP contribution in [-0.2, 0) is 6.42 Å². The van der Waals surface area contributed by atoms with E-state index in [-0.39, 0.29) is 11.6 Å². The van der Waals surface area contributed by atoms with E-state index in [0.29, 0.717) is 5.92 Å². The van der Waals surface area contributed by atoms with E-state index in [1.165, 1.54) is 50.7 Å². The molecule has 1 aromatic carbocycles. The first-order valence-corrected chi connectivity index (χ1v) is 9.83. The van der Waals surface area contributed by atoms with Gasteiger partial charge in [-0.25, -0.2) is 4.39 Å². The van der Waals surface area contributed by atoms with Crippen LogP contribution in [0.1, 0.15) is 69.9 Å². The van der Waals surface area contributed by atoms with Gasteiger partial charge in [0.1, 0.15) is 5.82 Å². The Labute approximate surface area is 154 Å². The van der Waals surface area contributed by atoms with Crippen LogP contribution in [0, 0.1) is 23.6 Å². The molecular formula is C22H30F4. The molecule has 0 spiro atoms. The van der Waals surface area contributed by atoms with Crippen LogP contribution >= 0.6 is 0 Å². The first-order chi connectivity index (χ1) is 12.3. The number of halogens is 4. The highest BCUT2D eigenvalue weighted by atomic mass is 19.4. The summed E-state index contributed by atoms with van der Waals surface area (Å²) in [6.45, 7) is 4.61. The number of hydrogen-bond acceptors (Lipinski definition) is 0. The predicted octanol–water partition coefficient (Wildman–Crippen LogP) is 7.58. The zero-order valence-corrected chi connectivity index (χ0v) is 15.8. The Bertz CT molecular complexity index is 580. The van der Waals surface area contributed by atoms with Gasteiger partial charge in [0, 0.05) is 11.6 Å². The number of allylic oxidation sites excluding steroid dienone is 1. The van der Waals surface area contributed by atoms with Gasteiger partial charge < -0.3 is 0 Å². The Morgan fingerprint density at radius 2 is 1.85 bits per heavy atom. The summed E-state index contributed by atoms with van der Waals surface area (Å²) in [6, 6.07) is 4.56. The fourth-order valence-electron chi connectivity index (χ4n) is 4.15. The lowest BCUT2D eigenvalue weighted by Crippen LogP contribution is -2.20. The topological polar surface area (TPSA) is 0 Å². The van der Waals surface area contributed by atoms with Crippen LogP contribution in [0.5, 0.6) is 0 Å². The quantitative estimate of drug-likeness (QED) is 0.434. The number of benzene rings is 1. The van der Waals surface area contributed by atoms with Gasteiger partial charge in [-0.2, -0.15) is 13.2 Å². The van der Waals surface area contributed by atoms with E-state index in [2.05, 4.69) is 13.8 Å². The van der Waals surface area contributed by atoms with Crippen LogP contribution in [0.3, 0.4) is 0 Å². The largest absolute Gasteiger partial charge is 0.409 e. The molecule has 1 aliphatic rings. The summed E-state index contributed by atoms with van der Waals surface area (Å²) in [6.07, 6.45) is 5.90. The number of hydrogen-bond donors (Lipinski definition) is 0. The molecule has 0 N–H and O–H groups in total. The zero-order valence-electron chi connectivity index (χ0n) is 15.8. The van der Waals surface area contributed by atoms with Crippen LogP contribution in [0.4, 0.5) is 17.6 Å². The fraction of sp³-hybridized carbons (Fsp3) is 0.636. The van der Waals surface area contributed by atoms with Crippen molar-refractivity contribution < 1.29 is 17.6 Å². The summed E-state index contributed by atoms with van der Waals surface area (Å²) in [7, 11) is 0. The molecule has 1 atom stereocenters. The van der Waals surface area contributed by atoms with Gasteiger partial charge in [-0.1, -0.05) is 51.7 Å². The van der Waals surface area contributed by atoms with Gasteiger partial charge >= 0.3 is 6.18 Å². The lowest BCUT2D eigenvalue weighted by atomic mass is 9.74. The maximum absolute atomic E-state index is 14.0. The molecule has 0 aliphatic heterocycles. The molecule has 0 amide bonds. The molecule has 1 aliphatic carbocycles. The van der Waals surface area contributed by atoms with E-state index in [4.69, 9.17) is 0 Å². The minimum atomic E-state index is -4.42. The van der Waals surface area contributed by atoms with E-state index < -0.39 is 12.0 Å². The van der Waals surface area contributed by atoms with E-state index >= 15 is 0 Å². The Balaban J connectivity index is 1.82. The average molecular weight is 370 g/mol. The van der Waals surface area contributed by atoms with Crippen molar-refractivity contribution in [2.45, 2.75) is 71.4 Å². The van der Waals surface area contributed by atoms with Gasteiger partial charge in [0.05, 0.1) is 0 Å². The number of alkyl halides is 3. The van der Waals surface area contributed by atoms with Gasteiger partial charge in [0.15, 0.2) is 0 Å². The summed E-state index contributed by atoms with van der Waals surface area (Å²) >= 11 is 0. The first kappa shape index (κ1) is 21.0. The summed E-state index contributed by atoms with van der Waals surface area (Å²) in [5, 5.41) is 0. The van der Waals surface area contributed by atoms with Crippen molar-refractivity contribution in [1.82, 2.24) is 0 Å². The predicted molar refractivity (Wildman–Crippen MR) is 99.3 cm³/mol. The van der Waals surface area contributed by atoms with Gasteiger partial charge in [0.2, 0.25) is 0 Å². The SMILES string of the molecule is CCCC(C)C1CCC(CCc2ccc(/C=C/C(F)(F)F)c(F)c2)CC1. The van der Waals surface area contributed by atoms with Crippen LogP contribution in [-0.4, -0.2) is 6.18 Å². The van der Waals surface area contributed by atoms with E-state index in [1.807, 2.05) is 0 Å². The summed E-state index contributed by atoms with van der Waals surface area (Å²) in [4.78, 5) is 0. The molecule has 2 rings (SSSR count). The Morgan fingerprint density at radius 1 is 1.15 bits per heavy atom. The van der Waals surface area contributed by atoms with Crippen LogP contribution in [0.2, 0.25) is 0 Å². The third-order valence-corrected chi connectivity index (χ3v) is 5.80. The maximum atomic E-state index is 14.0. The molecule has 1 saturated carbocycles. The molecule has 26 heavy (non-hydrogen) atoms. The van der Waals surface area contributed by atoms with E-state index in [9.17, 15) is 17.6 Å². The summed E-state index contributed by atoms with van der Waals surface area (Å²) in [5.74, 6) is 1.77. The molecule has 0 nitrogen and oxygen atoms in total. The Hall–Kier alpha value is -1.32. The summed E-state index contributed by atoms with van der Waals surface area (Å²) in [5.41, 5.74) is 0.852. The van der Waals surface area contributed by atoms with Crippen molar-refractivity contribution in [2.24, 2.45) is 17.8 Å². The van der Waals surface area contributed by atoms with Crippen LogP contribution < -0.4 is 0 Å². The van der Waals surface area contributed by atoms with Crippen LogP contribution in [0.25, 0.3) is 6.08 Å². The second-order valence-corrected chi connectivity index (χ2v) is 7.82. The first-order valence-electron chi connectivity index (χ1n) is 9.83. The summed E-state index contributed by atoms with van der Waals surface area (Å²) < 4.78 is 50.6. The van der Waals surface area contributed by atoms with Crippen molar-refractivity contribution in [3.05, 3.63) is 41.2 Å². The number of rotatable bonds is 7. The van der Waals surface area contributed by atoms with E-state index in [0.717, 1.165) is 36.3 Å². The van der Waals surface area contributed by atoms with Crippen LogP contribution in [0.15, 0.2) is 24.3 Å². The molecular weight excluding hydrogens is 340 g/mol. The lowest BCUT2D eigenvalue weighted by molar-refractivity contribution is -0.0790. The fourth-order valence-corrected chi connectivity index (χ4v) is 4.15. The second kappa shape index (κ2) is 9.57. The molecule has 0 heterocycles. The van der Waals surface area contributed by atoms with Gasteiger partial charge in [-0.05, 0) is 61.1 Å². The standard InChI is InChI=1S/C22H30F4/c1-3-4-16(2)19-10-7-17(8-11-19)5-6-18-9-12-20(21(23)15-18)13-14-22(24,25)26/h9,12-17,19H,3-8,10-11H2,1-2H3/b14-13+. The monoisotopic (exact) mass is 370 g/mol. The van der Waals surface area contributed by atoms with E-state index in [1.54, 1.807) is 6.07 Å². The van der Waals surface area contributed by atoms with Crippen molar-refractivity contribution in [3.8, 4) is 0 Å². The highest BCUT2D eigenvalue weighted by Gasteiger charge is 2.25. The average Bonchev–Trinajstić information content (AvgIpc) is 2.59. The molecule has 1 unspecified atom stereocenters. The third kappa shape index (κ3) is 6.77. The van der Waals surface area contributed by atoms with Crippen molar-refractivity contribution in [2.75, 3.05) is 0 Å². The maximum Gasteiger partial charge on any atom is 0.409 e. The molecule has 0 bridgehead atoms. The molecule has 1 fully saturated rings. The molecule has 0 saturated heterocycles. The highest BCUT2D eigenvalue weighted by molar-refractivity contribution is 5.51. The van der Waals surface area contributed by atoms with Gasteiger partial charge in [-0.15, -0.1) is 0 Å². The zero-order chi connectivity index (χ0) is 19.2. The van der Waals surface area contributed by atoms with Crippen molar-refractivity contribution in [1.29, 1.82) is 0 Å². The minimum Gasteiger partial charge on any atom is -0.206 e. The Morgan fingerprint density at radius 3 is 2.42 bits per heavy atom. The smallest absolute Gasteiger partial charge is 0.206 e. The third-order valence-electron chi connectivity index (χ3n) is 5.80. The molecule has 1 aromatic rings. The van der Waals surface area contributed by atoms with Crippen molar-refractivity contribution >= 4 is 6.08 Å². The lowest BCUT2D eigenvalue weighted by Gasteiger charge is -2.32. The second-order valence-electron chi connectivity index (χ2n) is 7.82. The molecule has 0 radical (unpaired) electrons. The number of aryl methyl sites for hydroxylation is 1. The highest BCUT2D eigenvalue weighted by Crippen LogP contribution is 2.37. The Kier molecular flexibility index (Phi) is 7.72. The normalized spacial score (nSPS) is 22.7.